The SMILES string of the molecule is CC(=O)N[C@H]1[C@H]([C@H](O)[C@H]2COC(C)(C)O2)O[C@](O)(C(=O)O)C[C@@H]1O[Si](C)(C)C(C)(C)C. The average molecular weight is 464 g/mol. The minimum atomic E-state index is -2.59. The van der Waals surface area contributed by atoms with Crippen molar-refractivity contribution in [2.75, 3.05) is 6.61 Å². The summed E-state index contributed by atoms with van der Waals surface area (Å²) in [5.74, 6) is -5.54. The lowest BCUT2D eigenvalue weighted by Crippen LogP contribution is -2.69. The zero-order valence-electron chi connectivity index (χ0n) is 19.6. The maximum atomic E-state index is 12.0. The first-order valence-electron chi connectivity index (χ1n) is 10.5. The lowest BCUT2D eigenvalue weighted by molar-refractivity contribution is -0.294. The van der Waals surface area contributed by atoms with Crippen molar-refractivity contribution in [3.63, 3.8) is 0 Å². The minimum Gasteiger partial charge on any atom is -0.477 e. The van der Waals surface area contributed by atoms with Crippen molar-refractivity contribution < 1.29 is 43.5 Å². The Labute approximate surface area is 184 Å². The average Bonchev–Trinajstić information content (AvgIpc) is 2.94. The lowest BCUT2D eigenvalue weighted by Gasteiger charge is -2.49. The highest BCUT2D eigenvalue weighted by molar-refractivity contribution is 6.74. The molecule has 0 radical (unpaired) electrons. The fraction of sp³-hybridized carbons (Fsp3) is 0.900. The highest BCUT2D eigenvalue weighted by atomic mass is 28.4. The third-order valence-corrected chi connectivity index (χ3v) is 10.8. The van der Waals surface area contributed by atoms with E-state index in [1.807, 2.05) is 33.9 Å². The number of carboxylic acid groups (broad SMARTS) is 1. The van der Waals surface area contributed by atoms with Gasteiger partial charge in [-0.3, -0.25) is 4.79 Å². The topological polar surface area (TPSA) is 144 Å². The molecule has 0 aliphatic carbocycles. The van der Waals surface area contributed by atoms with Crippen molar-refractivity contribution >= 4 is 20.2 Å². The van der Waals surface area contributed by atoms with Crippen molar-refractivity contribution in [1.29, 1.82) is 0 Å². The van der Waals surface area contributed by atoms with Gasteiger partial charge in [0.2, 0.25) is 5.91 Å². The minimum absolute atomic E-state index is 0.0417. The fourth-order valence-corrected chi connectivity index (χ4v) is 4.89. The number of hydrogen-bond donors (Lipinski definition) is 4. The van der Waals surface area contributed by atoms with Crippen LogP contribution in [0.5, 0.6) is 0 Å². The molecule has 10 nitrogen and oxygen atoms in total. The Morgan fingerprint density at radius 2 is 1.81 bits per heavy atom. The molecule has 0 unspecified atom stereocenters. The molecule has 2 fully saturated rings. The second-order valence-corrected chi connectivity index (χ2v) is 15.1. The number of amides is 1. The summed E-state index contributed by atoms with van der Waals surface area (Å²) in [7, 11) is -2.45. The summed E-state index contributed by atoms with van der Waals surface area (Å²) in [6.07, 6.45) is -4.86. The van der Waals surface area contributed by atoms with Gasteiger partial charge in [-0.2, -0.15) is 0 Å². The van der Waals surface area contributed by atoms with E-state index in [-0.39, 0.29) is 11.6 Å². The van der Waals surface area contributed by atoms with Crippen LogP contribution >= 0.6 is 0 Å². The van der Waals surface area contributed by atoms with Gasteiger partial charge in [0, 0.05) is 13.3 Å². The standard InChI is InChI=1S/C20H37NO9Si/c1-11(22)21-14-12(30-31(7,8)18(2,3)4)9-20(26,17(24)25)29-16(14)15(23)13-10-27-19(5,6)28-13/h12-16,23,26H,9-10H2,1-8H3,(H,21,22)(H,24,25)/t12-,13+,14+,15+,16+,20-/m0/s1. The summed E-state index contributed by atoms with van der Waals surface area (Å²) < 4.78 is 23.2. The van der Waals surface area contributed by atoms with E-state index in [1.165, 1.54) is 6.92 Å². The summed E-state index contributed by atoms with van der Waals surface area (Å²) in [6.45, 7) is 14.7. The largest absolute Gasteiger partial charge is 0.477 e. The van der Waals surface area contributed by atoms with Gasteiger partial charge in [-0.05, 0) is 32.0 Å². The molecule has 2 rings (SSSR count). The highest BCUT2D eigenvalue weighted by Crippen LogP contribution is 2.41. The molecule has 0 aromatic carbocycles. The Bertz CT molecular complexity index is 693. The summed E-state index contributed by atoms with van der Waals surface area (Å²) in [6, 6.07) is -0.909. The molecule has 31 heavy (non-hydrogen) atoms. The van der Waals surface area contributed by atoms with Crippen LogP contribution < -0.4 is 5.32 Å². The van der Waals surface area contributed by atoms with Gasteiger partial charge in [-0.1, -0.05) is 20.8 Å². The predicted octanol–water partition coefficient (Wildman–Crippen LogP) is 0.956. The molecule has 0 saturated carbocycles. The smallest absolute Gasteiger partial charge is 0.364 e. The Morgan fingerprint density at radius 1 is 1.23 bits per heavy atom. The van der Waals surface area contributed by atoms with E-state index >= 15 is 0 Å². The van der Waals surface area contributed by atoms with Crippen LogP contribution in [0.4, 0.5) is 0 Å². The van der Waals surface area contributed by atoms with Gasteiger partial charge in [-0.15, -0.1) is 0 Å². The van der Waals surface area contributed by atoms with Crippen LogP contribution in [-0.4, -0.2) is 84.2 Å². The molecular weight excluding hydrogens is 426 g/mol. The van der Waals surface area contributed by atoms with Crippen molar-refractivity contribution in [3.05, 3.63) is 0 Å². The van der Waals surface area contributed by atoms with Crippen molar-refractivity contribution in [3.8, 4) is 0 Å². The first-order valence-corrected chi connectivity index (χ1v) is 13.4. The van der Waals surface area contributed by atoms with Crippen molar-refractivity contribution in [1.82, 2.24) is 5.32 Å². The first-order chi connectivity index (χ1) is 13.9. The number of nitrogens with one attached hydrogen (secondary N) is 1. The molecule has 2 aliphatic heterocycles. The van der Waals surface area contributed by atoms with E-state index in [4.69, 9.17) is 18.6 Å². The number of rotatable bonds is 6. The zero-order valence-corrected chi connectivity index (χ0v) is 20.6. The van der Waals surface area contributed by atoms with E-state index in [1.54, 1.807) is 13.8 Å². The van der Waals surface area contributed by atoms with Crippen LogP contribution in [0, 0.1) is 0 Å². The van der Waals surface area contributed by atoms with Gasteiger partial charge in [0.05, 0.1) is 18.8 Å². The molecule has 6 atom stereocenters. The number of carbonyl (C=O) groups is 2. The lowest BCUT2D eigenvalue weighted by atomic mass is 9.88. The van der Waals surface area contributed by atoms with Crippen molar-refractivity contribution in [2.45, 2.75) is 108 Å². The molecule has 1 amide bonds. The molecule has 4 N–H and O–H groups in total. The molecular formula is C20H37NO9Si. The van der Waals surface area contributed by atoms with Crippen LogP contribution in [0.15, 0.2) is 0 Å². The first kappa shape index (κ1) is 26.2. The van der Waals surface area contributed by atoms with Crippen LogP contribution in [0.2, 0.25) is 18.1 Å². The zero-order chi connectivity index (χ0) is 24.0. The molecule has 2 aliphatic rings. The Morgan fingerprint density at radius 3 is 2.23 bits per heavy atom. The molecule has 0 spiro atoms. The second kappa shape index (κ2) is 8.69. The normalized spacial score (nSPS) is 34.9. The summed E-state index contributed by atoms with van der Waals surface area (Å²) >= 11 is 0. The van der Waals surface area contributed by atoms with Crippen LogP contribution in [-0.2, 0) is 28.2 Å². The Hall–Kier alpha value is -1.08. The summed E-state index contributed by atoms with van der Waals surface area (Å²) in [5.41, 5.74) is 0. The third-order valence-electron chi connectivity index (χ3n) is 6.27. The summed E-state index contributed by atoms with van der Waals surface area (Å²) in [4.78, 5) is 23.8. The number of aliphatic carboxylic acids is 1. The highest BCUT2D eigenvalue weighted by Gasteiger charge is 2.57. The third kappa shape index (κ3) is 5.84. The molecule has 2 heterocycles. The number of carbonyl (C=O) groups excluding carboxylic acids is 1. The quantitative estimate of drug-likeness (QED) is 0.423. The van der Waals surface area contributed by atoms with E-state index in [0.717, 1.165) is 0 Å². The molecule has 0 bridgehead atoms. The monoisotopic (exact) mass is 463 g/mol. The Balaban J connectivity index is 2.44. The summed E-state index contributed by atoms with van der Waals surface area (Å²) in [5, 5.41) is 34.0. The molecule has 180 valence electrons. The molecule has 11 heteroatoms. The van der Waals surface area contributed by atoms with Gasteiger partial charge in [0.15, 0.2) is 14.1 Å². The maximum Gasteiger partial charge on any atom is 0.364 e. The van der Waals surface area contributed by atoms with E-state index in [9.17, 15) is 24.9 Å². The fourth-order valence-electron chi connectivity index (χ4n) is 3.55. The van der Waals surface area contributed by atoms with E-state index < -0.39 is 68.6 Å². The predicted molar refractivity (Wildman–Crippen MR) is 113 cm³/mol. The van der Waals surface area contributed by atoms with Gasteiger partial charge in [-0.25, -0.2) is 4.79 Å². The number of aliphatic hydroxyl groups excluding tert-OH is 1. The van der Waals surface area contributed by atoms with Crippen LogP contribution in [0.25, 0.3) is 0 Å². The number of ether oxygens (including phenoxy) is 3. The van der Waals surface area contributed by atoms with Gasteiger partial charge in [0.1, 0.15) is 18.3 Å². The number of hydrogen-bond acceptors (Lipinski definition) is 8. The van der Waals surface area contributed by atoms with E-state index in [0.29, 0.717) is 0 Å². The van der Waals surface area contributed by atoms with Gasteiger partial charge >= 0.3 is 5.97 Å². The number of aliphatic hydroxyl groups is 2. The maximum absolute atomic E-state index is 12.0. The van der Waals surface area contributed by atoms with Crippen LogP contribution in [0.1, 0.15) is 48.0 Å². The van der Waals surface area contributed by atoms with Crippen molar-refractivity contribution in [2.24, 2.45) is 0 Å². The van der Waals surface area contributed by atoms with E-state index in [2.05, 4.69) is 5.32 Å². The Kier molecular flexibility index (Phi) is 7.34. The van der Waals surface area contributed by atoms with Crippen LogP contribution in [0.3, 0.4) is 0 Å². The van der Waals surface area contributed by atoms with Gasteiger partial charge < -0.3 is 39.3 Å². The molecule has 0 aromatic rings. The molecule has 0 aromatic heterocycles. The second-order valence-electron chi connectivity index (χ2n) is 10.4. The van der Waals surface area contributed by atoms with Gasteiger partial charge in [0.25, 0.3) is 5.79 Å². The molecule has 2 saturated heterocycles. The number of carboxylic acids is 1.